The summed E-state index contributed by atoms with van der Waals surface area (Å²) in [5.74, 6) is -0.103. The molecular formula is C14H18Cl4N2O. The fraction of sp³-hybridized carbons (Fsp3) is 0.143. The minimum Gasteiger partial charge on any atom is -0.504 e. The Morgan fingerprint density at radius 1 is 0.952 bits per heavy atom. The van der Waals surface area contributed by atoms with Crippen molar-refractivity contribution in [2.75, 3.05) is 11.5 Å². The number of phenolic OH excluding ortho intramolecular Hbond substituents is 1. The molecule has 0 bridgehead atoms. The maximum Gasteiger partial charge on any atom is 0.157 e. The minimum absolute atomic E-state index is 0. The third-order valence-electron chi connectivity index (χ3n) is 2.53. The zero-order valence-corrected chi connectivity index (χ0v) is 14.7. The number of nitrogens with two attached hydrogens (primary N) is 2. The molecule has 3 nitrogen and oxygen atoms in total. The number of phenols is 1. The Labute approximate surface area is 147 Å². The van der Waals surface area contributed by atoms with Crippen molar-refractivity contribution in [3.8, 4) is 5.75 Å². The Hall–Kier alpha value is -1.00. The fourth-order valence-corrected chi connectivity index (χ4v) is 1.76. The lowest BCUT2D eigenvalue weighted by Crippen LogP contribution is -1.88. The van der Waals surface area contributed by atoms with Crippen LogP contribution in [0, 0.1) is 13.8 Å². The Bertz CT molecular complexity index is 527. The lowest BCUT2D eigenvalue weighted by Gasteiger charge is -2.05. The molecule has 0 aromatic heterocycles. The molecule has 2 aromatic carbocycles. The second kappa shape index (κ2) is 9.85. The van der Waals surface area contributed by atoms with Crippen LogP contribution in [0.15, 0.2) is 30.3 Å². The van der Waals surface area contributed by atoms with Gasteiger partial charge in [-0.2, -0.15) is 0 Å². The number of rotatable bonds is 0. The van der Waals surface area contributed by atoms with Crippen LogP contribution >= 0.6 is 48.0 Å². The third-order valence-corrected chi connectivity index (χ3v) is 3.38. The van der Waals surface area contributed by atoms with Gasteiger partial charge in [-0.3, -0.25) is 0 Å². The van der Waals surface area contributed by atoms with E-state index in [1.165, 1.54) is 11.6 Å². The van der Waals surface area contributed by atoms with Crippen LogP contribution in [0.2, 0.25) is 10.0 Å². The summed E-state index contributed by atoms with van der Waals surface area (Å²) in [5.41, 5.74) is 13.7. The molecule has 7 heteroatoms. The van der Waals surface area contributed by atoms with Gasteiger partial charge in [0, 0.05) is 10.7 Å². The van der Waals surface area contributed by atoms with E-state index in [9.17, 15) is 5.11 Å². The highest BCUT2D eigenvalue weighted by molar-refractivity contribution is 6.37. The molecular weight excluding hydrogens is 354 g/mol. The highest BCUT2D eigenvalue weighted by Gasteiger charge is 2.09. The van der Waals surface area contributed by atoms with Gasteiger partial charge in [0.1, 0.15) is 0 Å². The molecule has 0 atom stereocenters. The Kier molecular flexibility index (Phi) is 10.5. The Balaban J connectivity index is 0. The van der Waals surface area contributed by atoms with Crippen molar-refractivity contribution in [3.05, 3.63) is 51.5 Å². The normalized spacial score (nSPS) is 8.76. The van der Waals surface area contributed by atoms with E-state index in [0.29, 0.717) is 10.6 Å². The first kappa shape index (κ1) is 22.3. The van der Waals surface area contributed by atoms with Gasteiger partial charge in [0.05, 0.1) is 10.7 Å². The van der Waals surface area contributed by atoms with Crippen molar-refractivity contribution in [2.45, 2.75) is 13.8 Å². The van der Waals surface area contributed by atoms with E-state index in [-0.39, 0.29) is 41.3 Å². The summed E-state index contributed by atoms with van der Waals surface area (Å²) in [7, 11) is 0. The van der Waals surface area contributed by atoms with Gasteiger partial charge in [-0.25, -0.2) is 0 Å². The number of hydrogen-bond acceptors (Lipinski definition) is 3. The van der Waals surface area contributed by atoms with Gasteiger partial charge in [0.15, 0.2) is 5.75 Å². The average molecular weight is 372 g/mol. The molecule has 118 valence electrons. The van der Waals surface area contributed by atoms with Gasteiger partial charge >= 0.3 is 0 Å². The molecule has 0 saturated heterocycles. The highest BCUT2D eigenvalue weighted by Crippen LogP contribution is 2.36. The molecule has 5 N–H and O–H groups in total. The van der Waals surface area contributed by atoms with Gasteiger partial charge in [-0.1, -0.05) is 40.9 Å². The van der Waals surface area contributed by atoms with E-state index < -0.39 is 0 Å². The van der Waals surface area contributed by atoms with Gasteiger partial charge in [-0.05, 0) is 37.6 Å². The molecule has 0 amide bonds. The van der Waals surface area contributed by atoms with Crippen molar-refractivity contribution in [2.24, 2.45) is 0 Å². The van der Waals surface area contributed by atoms with E-state index in [1.807, 2.05) is 31.2 Å². The number of aromatic hydroxyl groups is 1. The quantitative estimate of drug-likeness (QED) is 0.450. The third kappa shape index (κ3) is 6.53. The molecule has 0 unspecified atom stereocenters. The molecule has 21 heavy (non-hydrogen) atoms. The topological polar surface area (TPSA) is 72.3 Å². The summed E-state index contributed by atoms with van der Waals surface area (Å²) in [5, 5.41) is 9.88. The zero-order chi connectivity index (χ0) is 14.6. The molecule has 0 aliphatic rings. The lowest BCUT2D eigenvalue weighted by atomic mass is 10.2. The van der Waals surface area contributed by atoms with Crippen LogP contribution in [0.4, 0.5) is 11.4 Å². The average Bonchev–Trinajstić information content (AvgIpc) is 2.38. The molecule has 2 aromatic rings. The number of benzene rings is 2. The fourth-order valence-electron chi connectivity index (χ4n) is 1.29. The van der Waals surface area contributed by atoms with Crippen molar-refractivity contribution in [1.82, 2.24) is 0 Å². The summed E-state index contributed by atoms with van der Waals surface area (Å²) in [6.45, 7) is 3.75. The predicted octanol–water partition coefficient (Wildman–Crippen LogP) is 5.01. The number of halogens is 4. The second-order valence-electron chi connectivity index (χ2n) is 4.15. The summed E-state index contributed by atoms with van der Waals surface area (Å²) >= 11 is 11.4. The van der Waals surface area contributed by atoms with E-state index in [1.54, 1.807) is 6.92 Å². The monoisotopic (exact) mass is 370 g/mol. The Morgan fingerprint density at radius 3 is 1.86 bits per heavy atom. The van der Waals surface area contributed by atoms with E-state index in [2.05, 4.69) is 0 Å². The SMILES string of the molecule is Cc1c(Cl)cc(N)c(O)c1Cl.Cc1ccc(N)cc1.Cl.Cl. The maximum absolute atomic E-state index is 9.20. The first-order valence-corrected chi connectivity index (χ1v) is 6.33. The van der Waals surface area contributed by atoms with Gasteiger partial charge < -0.3 is 16.6 Å². The molecule has 0 heterocycles. The van der Waals surface area contributed by atoms with Gasteiger partial charge in [-0.15, -0.1) is 24.8 Å². The standard InChI is InChI=1S/C7H7Cl2NO.C7H9N.2ClH/c1-3-4(8)2-5(10)7(11)6(3)9;1-6-2-4-7(8)5-3-6;;/h2,11H,10H2,1H3;2-5H,8H2,1H3;2*1H. The van der Waals surface area contributed by atoms with Crippen LogP contribution in [-0.4, -0.2) is 5.11 Å². The maximum atomic E-state index is 9.20. The van der Waals surface area contributed by atoms with Crippen LogP contribution in [0.1, 0.15) is 11.1 Å². The van der Waals surface area contributed by atoms with E-state index in [0.717, 1.165) is 5.69 Å². The molecule has 0 radical (unpaired) electrons. The Morgan fingerprint density at radius 2 is 1.43 bits per heavy atom. The van der Waals surface area contributed by atoms with Crippen molar-refractivity contribution in [1.29, 1.82) is 0 Å². The zero-order valence-electron chi connectivity index (χ0n) is 11.6. The predicted molar refractivity (Wildman–Crippen MR) is 97.4 cm³/mol. The number of anilines is 2. The van der Waals surface area contributed by atoms with Crippen molar-refractivity contribution < 1.29 is 5.11 Å². The summed E-state index contributed by atoms with van der Waals surface area (Å²) in [4.78, 5) is 0. The van der Waals surface area contributed by atoms with E-state index in [4.69, 9.17) is 34.7 Å². The van der Waals surface area contributed by atoms with Crippen LogP contribution in [0.25, 0.3) is 0 Å². The highest BCUT2D eigenvalue weighted by atomic mass is 35.5. The van der Waals surface area contributed by atoms with Crippen molar-refractivity contribution in [3.63, 3.8) is 0 Å². The summed E-state index contributed by atoms with van der Waals surface area (Å²) in [6.07, 6.45) is 0. The molecule has 0 saturated carbocycles. The smallest absolute Gasteiger partial charge is 0.157 e. The van der Waals surface area contributed by atoms with Crippen molar-refractivity contribution >= 4 is 59.4 Å². The molecule has 2 rings (SSSR count). The molecule has 0 aliphatic carbocycles. The van der Waals surface area contributed by atoms with Gasteiger partial charge in [0.25, 0.3) is 0 Å². The van der Waals surface area contributed by atoms with Crippen LogP contribution in [0.5, 0.6) is 5.75 Å². The minimum atomic E-state index is -0.103. The van der Waals surface area contributed by atoms with Crippen LogP contribution in [-0.2, 0) is 0 Å². The first-order chi connectivity index (χ1) is 8.82. The van der Waals surface area contributed by atoms with E-state index >= 15 is 0 Å². The van der Waals surface area contributed by atoms with Crippen LogP contribution < -0.4 is 11.5 Å². The summed E-state index contributed by atoms with van der Waals surface area (Å²) < 4.78 is 0. The molecule has 0 aliphatic heterocycles. The number of aryl methyl sites for hydroxylation is 1. The second-order valence-corrected chi connectivity index (χ2v) is 4.93. The summed E-state index contributed by atoms with van der Waals surface area (Å²) in [6, 6.07) is 9.26. The first-order valence-electron chi connectivity index (χ1n) is 5.58. The molecule has 0 fully saturated rings. The van der Waals surface area contributed by atoms with Crippen LogP contribution in [0.3, 0.4) is 0 Å². The number of hydrogen-bond donors (Lipinski definition) is 3. The molecule has 0 spiro atoms. The number of nitrogen functional groups attached to an aromatic ring is 2. The van der Waals surface area contributed by atoms with Gasteiger partial charge in [0.2, 0.25) is 0 Å². The largest absolute Gasteiger partial charge is 0.504 e. The lowest BCUT2D eigenvalue weighted by molar-refractivity contribution is 0.478.